The summed E-state index contributed by atoms with van der Waals surface area (Å²) in [5, 5.41) is 2.97. The van der Waals surface area contributed by atoms with Crippen molar-refractivity contribution in [2.75, 3.05) is 23.9 Å². The number of aromatic nitrogens is 2. The first-order chi connectivity index (χ1) is 16.6. The van der Waals surface area contributed by atoms with Crippen LogP contribution in [0.3, 0.4) is 0 Å². The molecule has 2 amide bonds. The lowest BCUT2D eigenvalue weighted by molar-refractivity contribution is -0.117. The number of para-hydroxylation sites is 3. The minimum atomic E-state index is -0.115. The molecule has 1 saturated heterocycles. The van der Waals surface area contributed by atoms with E-state index in [-0.39, 0.29) is 18.2 Å². The fourth-order valence-electron chi connectivity index (χ4n) is 4.44. The van der Waals surface area contributed by atoms with Crippen molar-refractivity contribution in [1.29, 1.82) is 0 Å². The van der Waals surface area contributed by atoms with Gasteiger partial charge in [0.15, 0.2) is 0 Å². The molecule has 0 unspecified atom stereocenters. The summed E-state index contributed by atoms with van der Waals surface area (Å²) in [5.74, 6) is 1.41. The Bertz CT molecular complexity index is 1350. The summed E-state index contributed by atoms with van der Waals surface area (Å²) in [6.07, 6.45) is 2.12. The van der Waals surface area contributed by atoms with Crippen LogP contribution in [-0.2, 0) is 16.0 Å². The topological polar surface area (TPSA) is 76.5 Å². The SMILES string of the molecule is COc1ccc(NC(=O)CCc2nc3ccccc3n2-c2ccccc2)cc1N1CCCC1=O. The van der Waals surface area contributed by atoms with Crippen LogP contribution in [0, 0.1) is 0 Å². The van der Waals surface area contributed by atoms with E-state index in [1.807, 2.05) is 54.6 Å². The van der Waals surface area contributed by atoms with Gasteiger partial charge in [0.2, 0.25) is 11.8 Å². The van der Waals surface area contributed by atoms with Gasteiger partial charge in [-0.25, -0.2) is 4.98 Å². The average Bonchev–Trinajstić information content (AvgIpc) is 3.46. The zero-order valence-electron chi connectivity index (χ0n) is 19.0. The van der Waals surface area contributed by atoms with Gasteiger partial charge in [0.1, 0.15) is 11.6 Å². The number of nitrogens with one attached hydrogen (secondary N) is 1. The van der Waals surface area contributed by atoms with Crippen molar-refractivity contribution >= 4 is 34.2 Å². The molecule has 1 aliphatic heterocycles. The summed E-state index contributed by atoms with van der Waals surface area (Å²) in [4.78, 5) is 31.6. The van der Waals surface area contributed by atoms with E-state index in [9.17, 15) is 9.59 Å². The van der Waals surface area contributed by atoms with Gasteiger partial charge in [-0.1, -0.05) is 30.3 Å². The summed E-state index contributed by atoms with van der Waals surface area (Å²) in [7, 11) is 1.58. The van der Waals surface area contributed by atoms with Gasteiger partial charge < -0.3 is 15.0 Å². The Morgan fingerprint density at radius 1 is 1.06 bits per heavy atom. The molecule has 1 fully saturated rings. The lowest BCUT2D eigenvalue weighted by Gasteiger charge is -2.20. The van der Waals surface area contributed by atoms with E-state index < -0.39 is 0 Å². The number of anilines is 2. The van der Waals surface area contributed by atoms with Crippen molar-refractivity contribution in [2.45, 2.75) is 25.7 Å². The van der Waals surface area contributed by atoms with Crippen LogP contribution in [0.4, 0.5) is 11.4 Å². The lowest BCUT2D eigenvalue weighted by atomic mass is 10.2. The van der Waals surface area contributed by atoms with E-state index in [2.05, 4.69) is 9.88 Å². The number of carbonyl (C=O) groups excluding carboxylic acids is 2. The maximum atomic E-state index is 12.8. The van der Waals surface area contributed by atoms with Crippen molar-refractivity contribution in [3.63, 3.8) is 0 Å². The third kappa shape index (κ3) is 4.24. The van der Waals surface area contributed by atoms with Crippen LogP contribution in [0.15, 0.2) is 72.8 Å². The molecular formula is C27H26N4O3. The Balaban J connectivity index is 1.34. The van der Waals surface area contributed by atoms with E-state index in [4.69, 9.17) is 9.72 Å². The molecule has 0 spiro atoms. The number of methoxy groups -OCH3 is 1. The molecule has 0 saturated carbocycles. The largest absolute Gasteiger partial charge is 0.495 e. The number of carbonyl (C=O) groups is 2. The molecule has 1 aliphatic rings. The molecule has 34 heavy (non-hydrogen) atoms. The van der Waals surface area contributed by atoms with E-state index in [0.29, 0.717) is 36.5 Å². The fourth-order valence-corrected chi connectivity index (χ4v) is 4.44. The van der Waals surface area contributed by atoms with Gasteiger partial charge in [0.05, 0.1) is 23.8 Å². The normalized spacial score (nSPS) is 13.4. The van der Waals surface area contributed by atoms with Crippen molar-refractivity contribution < 1.29 is 14.3 Å². The standard InChI is InChI=1S/C27H26N4O3/c1-34-24-14-13-19(18-23(24)30-17-7-12-27(30)33)28-26(32)16-15-25-29-21-10-5-6-11-22(21)31(25)20-8-3-2-4-9-20/h2-6,8-11,13-14,18H,7,12,15-17H2,1H3,(H,28,32). The predicted octanol–water partition coefficient (Wildman–Crippen LogP) is 4.73. The van der Waals surface area contributed by atoms with Crippen LogP contribution in [-0.4, -0.2) is 35.0 Å². The highest BCUT2D eigenvalue weighted by molar-refractivity contribution is 5.98. The molecule has 5 rings (SSSR count). The molecule has 0 bridgehead atoms. The second kappa shape index (κ2) is 9.39. The Kier molecular flexibility index (Phi) is 5.99. The highest BCUT2D eigenvalue weighted by Crippen LogP contribution is 2.34. The predicted molar refractivity (Wildman–Crippen MR) is 133 cm³/mol. The Hall–Kier alpha value is -4.13. The first-order valence-electron chi connectivity index (χ1n) is 11.4. The average molecular weight is 455 g/mol. The number of nitrogens with zero attached hydrogens (tertiary/aromatic N) is 3. The van der Waals surface area contributed by atoms with Crippen LogP contribution in [0.1, 0.15) is 25.1 Å². The van der Waals surface area contributed by atoms with Crippen molar-refractivity contribution in [3.8, 4) is 11.4 Å². The summed E-state index contributed by atoms with van der Waals surface area (Å²) < 4.78 is 7.54. The molecule has 0 radical (unpaired) electrons. The lowest BCUT2D eigenvalue weighted by Crippen LogP contribution is -2.24. The van der Waals surface area contributed by atoms with Crippen LogP contribution < -0.4 is 15.0 Å². The Morgan fingerprint density at radius 3 is 2.62 bits per heavy atom. The van der Waals surface area contributed by atoms with E-state index in [1.165, 1.54) is 0 Å². The number of hydrogen-bond donors (Lipinski definition) is 1. The van der Waals surface area contributed by atoms with Crippen molar-refractivity contribution in [2.24, 2.45) is 0 Å². The number of aryl methyl sites for hydroxylation is 1. The molecule has 4 aromatic rings. The zero-order chi connectivity index (χ0) is 23.5. The number of imidazole rings is 1. The van der Waals surface area contributed by atoms with Crippen molar-refractivity contribution in [3.05, 3.63) is 78.6 Å². The zero-order valence-corrected chi connectivity index (χ0v) is 19.0. The Morgan fingerprint density at radius 2 is 1.85 bits per heavy atom. The minimum Gasteiger partial charge on any atom is -0.495 e. The maximum Gasteiger partial charge on any atom is 0.227 e. The van der Waals surface area contributed by atoms with Crippen LogP contribution in [0.2, 0.25) is 0 Å². The number of benzene rings is 3. The minimum absolute atomic E-state index is 0.0709. The molecule has 2 heterocycles. The van der Waals surface area contributed by atoms with Gasteiger partial charge >= 0.3 is 0 Å². The monoisotopic (exact) mass is 454 g/mol. The van der Waals surface area contributed by atoms with Crippen LogP contribution >= 0.6 is 0 Å². The fraction of sp³-hybridized carbons (Fsp3) is 0.222. The molecule has 7 heteroatoms. The number of amides is 2. The summed E-state index contributed by atoms with van der Waals surface area (Å²) in [6, 6.07) is 23.4. The molecular weight excluding hydrogens is 428 g/mol. The quantitative estimate of drug-likeness (QED) is 0.438. The summed E-state index contributed by atoms with van der Waals surface area (Å²) in [5.41, 5.74) is 4.25. The molecule has 3 aromatic carbocycles. The third-order valence-electron chi connectivity index (χ3n) is 6.05. The number of rotatable bonds is 7. The Labute approximate surface area is 198 Å². The summed E-state index contributed by atoms with van der Waals surface area (Å²) >= 11 is 0. The van der Waals surface area contributed by atoms with E-state index >= 15 is 0 Å². The summed E-state index contributed by atoms with van der Waals surface area (Å²) in [6.45, 7) is 0.655. The van der Waals surface area contributed by atoms with Crippen molar-refractivity contribution in [1.82, 2.24) is 9.55 Å². The first kappa shape index (κ1) is 21.7. The van der Waals surface area contributed by atoms with Gasteiger partial charge in [-0.15, -0.1) is 0 Å². The van der Waals surface area contributed by atoms with E-state index in [0.717, 1.165) is 29.0 Å². The maximum absolute atomic E-state index is 12.8. The van der Waals surface area contributed by atoms with Gasteiger partial charge in [0.25, 0.3) is 0 Å². The smallest absolute Gasteiger partial charge is 0.227 e. The van der Waals surface area contributed by atoms with Gasteiger partial charge in [-0.05, 0) is 48.9 Å². The van der Waals surface area contributed by atoms with E-state index in [1.54, 1.807) is 30.2 Å². The van der Waals surface area contributed by atoms with Crippen LogP contribution in [0.5, 0.6) is 5.75 Å². The number of fused-ring (bicyclic) bond motifs is 1. The van der Waals surface area contributed by atoms with Crippen LogP contribution in [0.25, 0.3) is 16.7 Å². The molecule has 0 aliphatic carbocycles. The molecule has 7 nitrogen and oxygen atoms in total. The van der Waals surface area contributed by atoms with Gasteiger partial charge in [0, 0.05) is 37.2 Å². The molecule has 1 aromatic heterocycles. The first-order valence-corrected chi connectivity index (χ1v) is 11.4. The second-order valence-electron chi connectivity index (χ2n) is 8.27. The number of hydrogen-bond acceptors (Lipinski definition) is 4. The highest BCUT2D eigenvalue weighted by atomic mass is 16.5. The molecule has 172 valence electrons. The number of ether oxygens (including phenoxy) is 1. The molecule has 1 N–H and O–H groups in total. The van der Waals surface area contributed by atoms with Gasteiger partial charge in [-0.2, -0.15) is 0 Å². The molecule has 0 atom stereocenters. The highest BCUT2D eigenvalue weighted by Gasteiger charge is 2.25. The third-order valence-corrected chi connectivity index (χ3v) is 6.05. The second-order valence-corrected chi connectivity index (χ2v) is 8.27. The van der Waals surface area contributed by atoms with Gasteiger partial charge in [-0.3, -0.25) is 14.2 Å².